The average Bonchev–Trinajstić information content (AvgIpc) is 2.27. The van der Waals surface area contributed by atoms with Gasteiger partial charge >= 0.3 is 0 Å². The third-order valence-electron chi connectivity index (χ3n) is 2.60. The van der Waals surface area contributed by atoms with E-state index in [1.54, 1.807) is 0 Å². The molecule has 0 aliphatic rings. The van der Waals surface area contributed by atoms with Crippen molar-refractivity contribution >= 4 is 5.78 Å². The minimum absolute atomic E-state index is 0.233. The fourth-order valence-electron chi connectivity index (χ4n) is 1.62. The van der Waals surface area contributed by atoms with Crippen molar-refractivity contribution in [3.63, 3.8) is 0 Å². The Morgan fingerprint density at radius 3 is 2.31 bits per heavy atom. The van der Waals surface area contributed by atoms with Gasteiger partial charge in [0.15, 0.2) is 5.78 Å². The van der Waals surface area contributed by atoms with Crippen molar-refractivity contribution in [2.75, 3.05) is 20.6 Å². The molecule has 0 spiro atoms. The first-order chi connectivity index (χ1) is 7.63. The monoisotopic (exact) mass is 219 g/mol. The van der Waals surface area contributed by atoms with Crippen LogP contribution in [0.3, 0.4) is 0 Å². The van der Waals surface area contributed by atoms with Crippen molar-refractivity contribution in [2.24, 2.45) is 0 Å². The van der Waals surface area contributed by atoms with E-state index in [1.165, 1.54) is 5.56 Å². The lowest BCUT2D eigenvalue weighted by atomic mass is 10.0. The summed E-state index contributed by atoms with van der Waals surface area (Å²) in [5, 5.41) is 0. The molecule has 0 unspecified atom stereocenters. The largest absolute Gasteiger partial charge is 0.309 e. The van der Waals surface area contributed by atoms with Crippen molar-refractivity contribution in [2.45, 2.75) is 26.2 Å². The smallest absolute Gasteiger partial charge is 0.164 e. The predicted octanol–water partition coefficient (Wildman–Crippen LogP) is 2.77. The van der Waals surface area contributed by atoms with Crippen LogP contribution >= 0.6 is 0 Å². The summed E-state index contributed by atoms with van der Waals surface area (Å²) in [5.41, 5.74) is 2.15. The number of hydrogen-bond acceptors (Lipinski definition) is 2. The van der Waals surface area contributed by atoms with Gasteiger partial charge in [-0.2, -0.15) is 0 Å². The second kappa shape index (κ2) is 6.44. The zero-order chi connectivity index (χ0) is 12.0. The maximum Gasteiger partial charge on any atom is 0.164 e. The Hall–Kier alpha value is -1.15. The van der Waals surface area contributed by atoms with Gasteiger partial charge in [-0.25, -0.2) is 0 Å². The van der Waals surface area contributed by atoms with Crippen LogP contribution in [-0.4, -0.2) is 31.3 Å². The highest BCUT2D eigenvalue weighted by Crippen LogP contribution is 2.08. The predicted molar refractivity (Wildman–Crippen MR) is 67.9 cm³/mol. The Bertz CT molecular complexity index is 327. The molecule has 0 amide bonds. The van der Waals surface area contributed by atoms with E-state index in [9.17, 15) is 4.79 Å². The first kappa shape index (κ1) is 12.9. The number of ketones is 1. The summed E-state index contributed by atoms with van der Waals surface area (Å²) in [6.07, 6.45) is 2.83. The first-order valence-corrected chi connectivity index (χ1v) is 5.90. The van der Waals surface area contributed by atoms with E-state index in [0.717, 1.165) is 24.9 Å². The molecule has 0 heterocycles. The molecule has 2 heteroatoms. The number of aryl methyl sites for hydroxylation is 1. The third kappa shape index (κ3) is 4.15. The molecule has 0 N–H and O–H groups in total. The molecule has 1 rings (SSSR count). The molecule has 16 heavy (non-hydrogen) atoms. The summed E-state index contributed by atoms with van der Waals surface area (Å²) < 4.78 is 0. The van der Waals surface area contributed by atoms with Crippen molar-refractivity contribution in [3.8, 4) is 0 Å². The van der Waals surface area contributed by atoms with E-state index < -0.39 is 0 Å². The van der Waals surface area contributed by atoms with Gasteiger partial charge in [-0.3, -0.25) is 4.79 Å². The number of Topliss-reactive ketones (excluding diaryl/α,β-unsaturated/α-hetero) is 1. The first-order valence-electron chi connectivity index (χ1n) is 5.90. The maximum atomic E-state index is 11.8. The van der Waals surface area contributed by atoms with Gasteiger partial charge in [-0.15, -0.1) is 0 Å². The fourth-order valence-corrected chi connectivity index (χ4v) is 1.62. The minimum Gasteiger partial charge on any atom is -0.309 e. The van der Waals surface area contributed by atoms with Crippen LogP contribution in [-0.2, 0) is 6.42 Å². The molecule has 0 radical (unpaired) electrons. The zero-order valence-electron chi connectivity index (χ0n) is 10.5. The number of rotatable bonds is 6. The molecule has 0 aromatic heterocycles. The summed E-state index contributed by atoms with van der Waals surface area (Å²) in [5.74, 6) is 0.233. The third-order valence-corrected chi connectivity index (χ3v) is 2.60. The topological polar surface area (TPSA) is 20.3 Å². The molecule has 0 saturated heterocycles. The molecule has 1 aromatic carbocycles. The van der Waals surface area contributed by atoms with Crippen molar-refractivity contribution in [1.29, 1.82) is 0 Å². The van der Waals surface area contributed by atoms with Gasteiger partial charge in [-0.1, -0.05) is 37.6 Å². The van der Waals surface area contributed by atoms with Crippen LogP contribution < -0.4 is 0 Å². The van der Waals surface area contributed by atoms with Gasteiger partial charge in [0.2, 0.25) is 0 Å². The number of carbonyl (C=O) groups excluding carboxylic acids is 1. The van der Waals surface area contributed by atoms with Crippen molar-refractivity contribution in [3.05, 3.63) is 35.4 Å². The molecule has 2 nitrogen and oxygen atoms in total. The van der Waals surface area contributed by atoms with Gasteiger partial charge < -0.3 is 4.90 Å². The van der Waals surface area contributed by atoms with E-state index in [1.807, 2.05) is 31.1 Å². The molecule has 0 fully saturated rings. The Kier molecular flexibility index (Phi) is 5.20. The van der Waals surface area contributed by atoms with Crippen LogP contribution in [0, 0.1) is 0 Å². The van der Waals surface area contributed by atoms with E-state index in [2.05, 4.69) is 19.1 Å². The van der Waals surface area contributed by atoms with Gasteiger partial charge in [0.05, 0.1) is 0 Å². The lowest BCUT2D eigenvalue weighted by molar-refractivity contribution is 0.0972. The van der Waals surface area contributed by atoms with E-state index in [4.69, 9.17) is 0 Å². The van der Waals surface area contributed by atoms with Crippen molar-refractivity contribution in [1.82, 2.24) is 4.90 Å². The highest BCUT2D eigenvalue weighted by molar-refractivity contribution is 5.96. The molecular formula is C14H21NO. The van der Waals surface area contributed by atoms with E-state index in [0.29, 0.717) is 6.42 Å². The molecule has 0 aliphatic carbocycles. The van der Waals surface area contributed by atoms with Crippen molar-refractivity contribution < 1.29 is 4.79 Å². The maximum absolute atomic E-state index is 11.8. The van der Waals surface area contributed by atoms with Crippen LogP contribution in [0.25, 0.3) is 0 Å². The molecule has 88 valence electrons. The standard InChI is InChI=1S/C14H21NO/c1-4-5-12-6-8-13(9-7-12)14(16)10-11-15(2)3/h6-9H,4-5,10-11H2,1-3H3. The molecule has 0 atom stereocenters. The number of nitrogens with zero attached hydrogens (tertiary/aromatic N) is 1. The molecular weight excluding hydrogens is 198 g/mol. The highest BCUT2D eigenvalue weighted by Gasteiger charge is 2.05. The quantitative estimate of drug-likeness (QED) is 0.686. The Balaban J connectivity index is 2.56. The molecule has 0 bridgehead atoms. The number of benzene rings is 1. The van der Waals surface area contributed by atoms with Gasteiger partial charge in [-0.05, 0) is 26.1 Å². The van der Waals surface area contributed by atoms with Crippen LogP contribution in [0.15, 0.2) is 24.3 Å². The molecule has 0 aliphatic heterocycles. The minimum atomic E-state index is 0.233. The molecule has 0 saturated carbocycles. The SMILES string of the molecule is CCCc1ccc(C(=O)CCN(C)C)cc1. The Labute approximate surface area is 98.3 Å². The van der Waals surface area contributed by atoms with Gasteiger partial charge in [0.25, 0.3) is 0 Å². The number of carbonyl (C=O) groups is 1. The number of hydrogen-bond donors (Lipinski definition) is 0. The van der Waals surface area contributed by atoms with Crippen LogP contribution in [0.5, 0.6) is 0 Å². The lowest BCUT2D eigenvalue weighted by Gasteiger charge is -2.08. The summed E-state index contributed by atoms with van der Waals surface area (Å²) in [6, 6.07) is 8.02. The summed E-state index contributed by atoms with van der Waals surface area (Å²) in [4.78, 5) is 13.8. The Morgan fingerprint density at radius 2 is 1.81 bits per heavy atom. The van der Waals surface area contributed by atoms with Crippen LogP contribution in [0.2, 0.25) is 0 Å². The van der Waals surface area contributed by atoms with E-state index in [-0.39, 0.29) is 5.78 Å². The normalized spacial score (nSPS) is 10.8. The van der Waals surface area contributed by atoms with E-state index >= 15 is 0 Å². The molecule has 1 aromatic rings. The fraction of sp³-hybridized carbons (Fsp3) is 0.500. The average molecular weight is 219 g/mol. The lowest BCUT2D eigenvalue weighted by Crippen LogP contribution is -2.16. The highest BCUT2D eigenvalue weighted by atomic mass is 16.1. The second-order valence-electron chi connectivity index (χ2n) is 4.42. The zero-order valence-corrected chi connectivity index (χ0v) is 10.5. The van der Waals surface area contributed by atoms with Crippen LogP contribution in [0.1, 0.15) is 35.7 Å². The summed E-state index contributed by atoms with van der Waals surface area (Å²) in [7, 11) is 3.97. The van der Waals surface area contributed by atoms with Gasteiger partial charge in [0, 0.05) is 18.5 Å². The Morgan fingerprint density at radius 1 is 1.19 bits per heavy atom. The summed E-state index contributed by atoms with van der Waals surface area (Å²) in [6.45, 7) is 2.98. The summed E-state index contributed by atoms with van der Waals surface area (Å²) >= 11 is 0. The second-order valence-corrected chi connectivity index (χ2v) is 4.42. The van der Waals surface area contributed by atoms with Crippen LogP contribution in [0.4, 0.5) is 0 Å². The van der Waals surface area contributed by atoms with Gasteiger partial charge in [0.1, 0.15) is 0 Å².